The molecule has 1 heterocycles. The molecule has 0 aromatic rings. The molecule has 1 aliphatic heterocycles. The molecular formula is C17H31N3O4. The zero-order valence-electron chi connectivity index (χ0n) is 15.2. The molecule has 0 saturated carbocycles. The van der Waals surface area contributed by atoms with E-state index in [4.69, 9.17) is 4.74 Å². The van der Waals surface area contributed by atoms with Crippen LogP contribution < -0.4 is 5.32 Å². The lowest BCUT2D eigenvalue weighted by atomic mass is 10.1. The predicted molar refractivity (Wildman–Crippen MR) is 91.5 cm³/mol. The van der Waals surface area contributed by atoms with E-state index in [1.165, 1.54) is 0 Å². The minimum Gasteiger partial charge on any atom is -0.450 e. The number of piperidine rings is 1. The first-order chi connectivity index (χ1) is 11.5. The van der Waals surface area contributed by atoms with Gasteiger partial charge in [-0.05, 0) is 32.6 Å². The Bertz CT molecular complexity index is 414. The second-order valence-corrected chi connectivity index (χ2v) is 6.09. The van der Waals surface area contributed by atoms with Crippen LogP contribution in [0.25, 0.3) is 0 Å². The molecule has 1 saturated heterocycles. The third kappa shape index (κ3) is 6.76. The Morgan fingerprint density at radius 3 is 2.17 bits per heavy atom. The van der Waals surface area contributed by atoms with E-state index in [2.05, 4.69) is 5.32 Å². The second-order valence-electron chi connectivity index (χ2n) is 6.09. The molecule has 7 nitrogen and oxygen atoms in total. The number of carbonyl (C=O) groups is 3. The zero-order chi connectivity index (χ0) is 17.9. The van der Waals surface area contributed by atoms with Crippen molar-refractivity contribution in [2.75, 3.05) is 32.8 Å². The molecule has 0 radical (unpaired) electrons. The first-order valence-corrected chi connectivity index (χ1v) is 9.00. The highest BCUT2D eigenvalue weighted by molar-refractivity contribution is 5.97. The van der Waals surface area contributed by atoms with Gasteiger partial charge >= 0.3 is 6.09 Å². The number of likely N-dealkylation sites (tertiary alicyclic amines) is 1. The number of rotatable bonds is 8. The first-order valence-electron chi connectivity index (χ1n) is 9.00. The van der Waals surface area contributed by atoms with Crippen LogP contribution >= 0.6 is 0 Å². The molecule has 7 heteroatoms. The van der Waals surface area contributed by atoms with Gasteiger partial charge in [-0.25, -0.2) is 4.79 Å². The molecule has 3 amide bonds. The Labute approximate surface area is 144 Å². The van der Waals surface area contributed by atoms with Gasteiger partial charge in [0.2, 0.25) is 11.8 Å². The Kier molecular flexibility index (Phi) is 9.19. The molecule has 0 atom stereocenters. The van der Waals surface area contributed by atoms with E-state index in [9.17, 15) is 14.4 Å². The Hall–Kier alpha value is -1.79. The first kappa shape index (κ1) is 20.3. The van der Waals surface area contributed by atoms with Gasteiger partial charge in [0.05, 0.1) is 6.61 Å². The Morgan fingerprint density at radius 2 is 1.67 bits per heavy atom. The number of nitrogens with one attached hydrogen (secondary N) is 1. The molecule has 1 N–H and O–H groups in total. The molecule has 0 aliphatic carbocycles. The molecule has 0 unspecified atom stereocenters. The molecule has 1 aliphatic rings. The smallest absolute Gasteiger partial charge is 0.409 e. The van der Waals surface area contributed by atoms with Crippen molar-refractivity contribution in [1.29, 1.82) is 0 Å². The minimum absolute atomic E-state index is 0.0155. The van der Waals surface area contributed by atoms with E-state index in [-0.39, 0.29) is 30.4 Å². The summed E-state index contributed by atoms with van der Waals surface area (Å²) in [6.07, 6.45) is 2.75. The summed E-state index contributed by atoms with van der Waals surface area (Å²) in [4.78, 5) is 39.3. The summed E-state index contributed by atoms with van der Waals surface area (Å²) in [7, 11) is 0. The van der Waals surface area contributed by atoms with Crippen LogP contribution in [0.3, 0.4) is 0 Å². The highest BCUT2D eigenvalue weighted by Crippen LogP contribution is 2.12. The predicted octanol–water partition coefficient (Wildman–Crippen LogP) is 1.76. The largest absolute Gasteiger partial charge is 0.450 e. The van der Waals surface area contributed by atoms with Crippen molar-refractivity contribution in [3.8, 4) is 0 Å². The highest BCUT2D eigenvalue weighted by atomic mass is 16.6. The number of nitrogens with zero attached hydrogens (tertiary/aromatic N) is 2. The van der Waals surface area contributed by atoms with Gasteiger partial charge in [-0.2, -0.15) is 0 Å². The van der Waals surface area contributed by atoms with E-state index >= 15 is 0 Å². The molecule has 1 fully saturated rings. The summed E-state index contributed by atoms with van der Waals surface area (Å²) in [5.74, 6) is -0.341. The number of hydrogen-bond donors (Lipinski definition) is 1. The third-order valence-electron chi connectivity index (χ3n) is 4.04. The van der Waals surface area contributed by atoms with Crippen molar-refractivity contribution >= 4 is 17.9 Å². The van der Waals surface area contributed by atoms with Crippen LogP contribution in [0.5, 0.6) is 0 Å². The van der Waals surface area contributed by atoms with Crippen LogP contribution in [0.4, 0.5) is 4.79 Å². The number of ether oxygens (including phenoxy) is 1. The van der Waals surface area contributed by atoms with Gasteiger partial charge < -0.3 is 19.9 Å². The van der Waals surface area contributed by atoms with Crippen LogP contribution in [0, 0.1) is 0 Å². The van der Waals surface area contributed by atoms with Crippen LogP contribution in [0.2, 0.25) is 0 Å². The zero-order valence-corrected chi connectivity index (χ0v) is 15.2. The van der Waals surface area contributed by atoms with Gasteiger partial charge in [-0.3, -0.25) is 9.59 Å². The van der Waals surface area contributed by atoms with Gasteiger partial charge in [0, 0.05) is 32.2 Å². The SMILES string of the molecule is CCCN(CCC)C(=O)CC(=O)NC1CCN(C(=O)OCC)CC1. The summed E-state index contributed by atoms with van der Waals surface area (Å²) in [6.45, 7) is 8.70. The van der Waals surface area contributed by atoms with E-state index < -0.39 is 0 Å². The van der Waals surface area contributed by atoms with Gasteiger partial charge in [0.1, 0.15) is 6.42 Å². The molecular weight excluding hydrogens is 310 g/mol. The van der Waals surface area contributed by atoms with Crippen molar-refractivity contribution in [1.82, 2.24) is 15.1 Å². The number of carbonyl (C=O) groups excluding carboxylic acids is 3. The quantitative estimate of drug-likeness (QED) is 0.682. The average Bonchev–Trinajstić information content (AvgIpc) is 2.55. The molecule has 138 valence electrons. The van der Waals surface area contributed by atoms with Gasteiger partial charge in [0.25, 0.3) is 0 Å². The summed E-state index contributed by atoms with van der Waals surface area (Å²) >= 11 is 0. The lowest BCUT2D eigenvalue weighted by molar-refractivity contribution is -0.136. The van der Waals surface area contributed by atoms with Crippen LogP contribution in [-0.4, -0.2) is 66.5 Å². The lowest BCUT2D eigenvalue weighted by Crippen LogP contribution is -2.47. The number of amides is 3. The monoisotopic (exact) mass is 341 g/mol. The van der Waals surface area contributed by atoms with E-state index in [0.717, 1.165) is 12.8 Å². The molecule has 0 aromatic carbocycles. The molecule has 0 aromatic heterocycles. The fourth-order valence-electron chi connectivity index (χ4n) is 2.85. The van der Waals surface area contributed by atoms with Crippen LogP contribution in [0.1, 0.15) is 52.9 Å². The van der Waals surface area contributed by atoms with Crippen molar-refractivity contribution < 1.29 is 19.1 Å². The summed E-state index contributed by atoms with van der Waals surface area (Å²) < 4.78 is 4.97. The van der Waals surface area contributed by atoms with Crippen molar-refractivity contribution in [2.45, 2.75) is 58.9 Å². The maximum absolute atomic E-state index is 12.2. The van der Waals surface area contributed by atoms with Gasteiger partial charge in [-0.1, -0.05) is 13.8 Å². The molecule has 24 heavy (non-hydrogen) atoms. The fourth-order valence-corrected chi connectivity index (χ4v) is 2.85. The van der Waals surface area contributed by atoms with Crippen LogP contribution in [-0.2, 0) is 14.3 Å². The minimum atomic E-state index is -0.299. The molecule has 0 spiro atoms. The summed E-state index contributed by atoms with van der Waals surface area (Å²) in [5.41, 5.74) is 0. The van der Waals surface area contributed by atoms with Crippen molar-refractivity contribution in [2.24, 2.45) is 0 Å². The molecule has 0 bridgehead atoms. The average molecular weight is 341 g/mol. The van der Waals surface area contributed by atoms with Crippen molar-refractivity contribution in [3.63, 3.8) is 0 Å². The third-order valence-corrected chi connectivity index (χ3v) is 4.04. The van der Waals surface area contributed by atoms with Gasteiger partial charge in [-0.15, -0.1) is 0 Å². The highest BCUT2D eigenvalue weighted by Gasteiger charge is 2.25. The maximum Gasteiger partial charge on any atom is 0.409 e. The lowest BCUT2D eigenvalue weighted by Gasteiger charge is -2.31. The Balaban J connectivity index is 2.35. The van der Waals surface area contributed by atoms with E-state index in [1.807, 2.05) is 13.8 Å². The Morgan fingerprint density at radius 1 is 1.08 bits per heavy atom. The van der Waals surface area contributed by atoms with E-state index in [1.54, 1.807) is 16.7 Å². The fraction of sp³-hybridized carbons (Fsp3) is 0.824. The summed E-state index contributed by atoms with van der Waals surface area (Å²) in [6, 6.07) is 0.0155. The molecule has 1 rings (SSSR count). The standard InChI is InChI=1S/C17H31N3O4/c1-4-9-19(10-5-2)16(22)13-15(21)18-14-7-11-20(12-8-14)17(23)24-6-3/h14H,4-13H2,1-3H3,(H,18,21). The number of hydrogen-bond acceptors (Lipinski definition) is 4. The topological polar surface area (TPSA) is 79.0 Å². The van der Waals surface area contributed by atoms with Crippen LogP contribution in [0.15, 0.2) is 0 Å². The summed E-state index contributed by atoms with van der Waals surface area (Å²) in [5, 5.41) is 2.92. The maximum atomic E-state index is 12.2. The second kappa shape index (κ2) is 10.9. The van der Waals surface area contributed by atoms with Gasteiger partial charge in [0.15, 0.2) is 0 Å². The normalized spacial score (nSPS) is 15.0. The van der Waals surface area contributed by atoms with E-state index in [0.29, 0.717) is 45.6 Å². The van der Waals surface area contributed by atoms with Crippen molar-refractivity contribution in [3.05, 3.63) is 0 Å².